The van der Waals surface area contributed by atoms with Crippen LogP contribution in [-0.4, -0.2) is 35.2 Å². The normalized spacial score (nSPS) is 10.9. The summed E-state index contributed by atoms with van der Waals surface area (Å²) in [7, 11) is -1.61. The summed E-state index contributed by atoms with van der Waals surface area (Å²) >= 11 is 0. The highest BCUT2D eigenvalue weighted by Gasteiger charge is 2.14. The lowest BCUT2D eigenvalue weighted by Gasteiger charge is -2.20. The smallest absolute Gasteiger partial charge is 0.423 e. The number of rotatable bonds is 6. The summed E-state index contributed by atoms with van der Waals surface area (Å²) in [5.41, 5.74) is 0.773. The van der Waals surface area contributed by atoms with Crippen molar-refractivity contribution in [3.8, 4) is 0 Å². The first-order valence-corrected chi connectivity index (χ1v) is 5.95. The molecule has 1 aromatic rings. The van der Waals surface area contributed by atoms with Gasteiger partial charge in [-0.15, -0.1) is 0 Å². The quantitative estimate of drug-likeness (QED) is 0.719. The molecule has 0 heterocycles. The monoisotopic (exact) mass is 239 g/mol. The summed E-state index contributed by atoms with van der Waals surface area (Å²) in [5, 5.41) is 17.9. The molecule has 5 heteroatoms. The van der Waals surface area contributed by atoms with Gasteiger partial charge in [-0.25, -0.2) is 4.39 Å². The molecule has 1 aromatic carbocycles. The first kappa shape index (κ1) is 14.2. The van der Waals surface area contributed by atoms with Gasteiger partial charge in [0, 0.05) is 12.1 Å². The zero-order valence-corrected chi connectivity index (χ0v) is 10.4. The maximum absolute atomic E-state index is 13.7. The molecule has 0 fully saturated rings. The topological polar surface area (TPSA) is 43.7 Å². The summed E-state index contributed by atoms with van der Waals surface area (Å²) in [6.07, 6.45) is 1.03. The molecule has 0 aromatic heterocycles. The molecule has 0 aliphatic rings. The van der Waals surface area contributed by atoms with Gasteiger partial charge >= 0.3 is 7.12 Å². The van der Waals surface area contributed by atoms with Gasteiger partial charge in [0.1, 0.15) is 5.82 Å². The second kappa shape index (κ2) is 6.74. The van der Waals surface area contributed by atoms with Crippen LogP contribution >= 0.6 is 0 Å². The molecule has 0 saturated carbocycles. The molecule has 3 nitrogen and oxygen atoms in total. The number of nitrogens with zero attached hydrogens (tertiary/aromatic N) is 1. The van der Waals surface area contributed by atoms with Crippen LogP contribution in [0.4, 0.5) is 4.39 Å². The molecule has 0 unspecified atom stereocenters. The molecule has 0 radical (unpaired) electrons. The van der Waals surface area contributed by atoms with E-state index in [-0.39, 0.29) is 11.3 Å². The molecule has 0 spiro atoms. The van der Waals surface area contributed by atoms with Crippen molar-refractivity contribution in [2.75, 3.05) is 13.1 Å². The van der Waals surface area contributed by atoms with Crippen molar-refractivity contribution < 1.29 is 14.4 Å². The first-order chi connectivity index (χ1) is 8.08. The third-order valence-corrected chi connectivity index (χ3v) is 2.76. The second-order valence-corrected chi connectivity index (χ2v) is 4.09. The molecule has 17 heavy (non-hydrogen) atoms. The van der Waals surface area contributed by atoms with Gasteiger partial charge in [-0.05, 0) is 31.0 Å². The van der Waals surface area contributed by atoms with Crippen molar-refractivity contribution in [1.29, 1.82) is 0 Å². The minimum absolute atomic E-state index is 0.185. The van der Waals surface area contributed by atoms with Crippen LogP contribution in [0, 0.1) is 5.82 Å². The molecule has 94 valence electrons. The fourth-order valence-corrected chi connectivity index (χ4v) is 1.76. The van der Waals surface area contributed by atoms with Crippen LogP contribution in [-0.2, 0) is 6.54 Å². The van der Waals surface area contributed by atoms with E-state index in [1.165, 1.54) is 6.07 Å². The van der Waals surface area contributed by atoms with Crippen LogP contribution in [0.3, 0.4) is 0 Å². The van der Waals surface area contributed by atoms with E-state index >= 15 is 0 Å². The van der Waals surface area contributed by atoms with E-state index in [0.717, 1.165) is 19.5 Å². The van der Waals surface area contributed by atoms with Crippen LogP contribution < -0.4 is 5.46 Å². The highest BCUT2D eigenvalue weighted by atomic mass is 19.1. The molecule has 0 atom stereocenters. The zero-order chi connectivity index (χ0) is 12.8. The Morgan fingerprint density at radius 1 is 1.29 bits per heavy atom. The predicted molar refractivity (Wildman–Crippen MR) is 67.5 cm³/mol. The molecule has 0 saturated heterocycles. The van der Waals surface area contributed by atoms with Crippen molar-refractivity contribution in [2.45, 2.75) is 26.8 Å². The van der Waals surface area contributed by atoms with Gasteiger partial charge in [0.15, 0.2) is 0 Å². The summed E-state index contributed by atoms with van der Waals surface area (Å²) in [4.78, 5) is 2.15. The lowest BCUT2D eigenvalue weighted by Crippen LogP contribution is -2.31. The van der Waals surface area contributed by atoms with E-state index in [1.807, 2.05) is 6.92 Å². The lowest BCUT2D eigenvalue weighted by atomic mass is 9.80. The predicted octanol–water partition coefficient (Wildman–Crippen LogP) is 0.737. The maximum atomic E-state index is 13.7. The van der Waals surface area contributed by atoms with Gasteiger partial charge in [-0.2, -0.15) is 0 Å². The average molecular weight is 239 g/mol. The lowest BCUT2D eigenvalue weighted by molar-refractivity contribution is 0.276. The minimum atomic E-state index is -1.61. The standard InChI is InChI=1S/C12H19BFNO2/c1-3-7-15(4-2)9-10-5-6-11(13(16)17)8-12(10)14/h5-6,8,16-17H,3-4,7,9H2,1-2H3. The van der Waals surface area contributed by atoms with Crippen molar-refractivity contribution in [2.24, 2.45) is 0 Å². The number of benzene rings is 1. The third kappa shape index (κ3) is 4.11. The Morgan fingerprint density at radius 2 is 2.00 bits per heavy atom. The Hall–Kier alpha value is -0.905. The highest BCUT2D eigenvalue weighted by Crippen LogP contribution is 2.09. The molecule has 0 amide bonds. The summed E-state index contributed by atoms with van der Waals surface area (Å²) in [5.74, 6) is -0.384. The van der Waals surface area contributed by atoms with Crippen LogP contribution in [0.2, 0.25) is 0 Å². The van der Waals surface area contributed by atoms with Gasteiger partial charge in [0.05, 0.1) is 0 Å². The Morgan fingerprint density at radius 3 is 2.47 bits per heavy atom. The van der Waals surface area contributed by atoms with E-state index < -0.39 is 7.12 Å². The first-order valence-electron chi connectivity index (χ1n) is 5.95. The van der Waals surface area contributed by atoms with E-state index in [1.54, 1.807) is 12.1 Å². The minimum Gasteiger partial charge on any atom is -0.423 e. The van der Waals surface area contributed by atoms with Crippen molar-refractivity contribution in [3.63, 3.8) is 0 Å². The van der Waals surface area contributed by atoms with Crippen LogP contribution in [0.1, 0.15) is 25.8 Å². The molecule has 0 aliphatic heterocycles. The van der Waals surface area contributed by atoms with Gasteiger partial charge in [-0.1, -0.05) is 26.0 Å². The van der Waals surface area contributed by atoms with E-state index in [2.05, 4.69) is 11.8 Å². The molecule has 0 aliphatic carbocycles. The summed E-state index contributed by atoms with van der Waals surface area (Å²) in [6.45, 7) is 6.49. The zero-order valence-electron chi connectivity index (χ0n) is 10.4. The Labute approximate surface area is 102 Å². The largest absolute Gasteiger partial charge is 0.488 e. The third-order valence-electron chi connectivity index (χ3n) is 2.76. The number of hydrogen-bond donors (Lipinski definition) is 2. The fourth-order valence-electron chi connectivity index (χ4n) is 1.76. The highest BCUT2D eigenvalue weighted by molar-refractivity contribution is 6.58. The molecule has 2 N–H and O–H groups in total. The van der Waals surface area contributed by atoms with E-state index in [9.17, 15) is 4.39 Å². The Kier molecular flexibility index (Phi) is 5.61. The van der Waals surface area contributed by atoms with Crippen LogP contribution in [0.15, 0.2) is 18.2 Å². The van der Waals surface area contributed by atoms with Crippen LogP contribution in [0.25, 0.3) is 0 Å². The summed E-state index contributed by atoms with van der Waals surface area (Å²) in [6, 6.07) is 4.34. The van der Waals surface area contributed by atoms with Crippen molar-refractivity contribution >= 4 is 12.6 Å². The van der Waals surface area contributed by atoms with Gasteiger partial charge < -0.3 is 10.0 Å². The Balaban J connectivity index is 2.77. The second-order valence-electron chi connectivity index (χ2n) is 4.09. The van der Waals surface area contributed by atoms with Gasteiger partial charge in [0.2, 0.25) is 0 Å². The van der Waals surface area contributed by atoms with E-state index in [0.29, 0.717) is 12.1 Å². The Bertz CT molecular complexity index is 360. The number of halogens is 1. The molecular formula is C12H19BFNO2. The van der Waals surface area contributed by atoms with Crippen molar-refractivity contribution in [1.82, 2.24) is 4.90 Å². The summed E-state index contributed by atoms with van der Waals surface area (Å²) < 4.78 is 13.7. The van der Waals surface area contributed by atoms with Gasteiger partial charge in [0.25, 0.3) is 0 Å². The molecule has 1 rings (SSSR count). The molecule has 0 bridgehead atoms. The molecular weight excluding hydrogens is 220 g/mol. The fraction of sp³-hybridized carbons (Fsp3) is 0.500. The van der Waals surface area contributed by atoms with E-state index in [4.69, 9.17) is 10.0 Å². The van der Waals surface area contributed by atoms with Gasteiger partial charge in [-0.3, -0.25) is 4.90 Å². The number of hydrogen-bond acceptors (Lipinski definition) is 3. The van der Waals surface area contributed by atoms with Crippen LogP contribution in [0.5, 0.6) is 0 Å². The maximum Gasteiger partial charge on any atom is 0.488 e. The SMILES string of the molecule is CCCN(CC)Cc1ccc(B(O)O)cc1F. The van der Waals surface area contributed by atoms with Crippen molar-refractivity contribution in [3.05, 3.63) is 29.6 Å². The average Bonchev–Trinajstić information content (AvgIpc) is 2.30.